The lowest BCUT2D eigenvalue weighted by molar-refractivity contribution is 0.552. The summed E-state index contributed by atoms with van der Waals surface area (Å²) in [5.74, 6) is 1.20. The largest absolute Gasteiger partial charge is 0.459 e. The van der Waals surface area contributed by atoms with Crippen molar-refractivity contribution in [3.63, 3.8) is 0 Å². The molecule has 102 valence electrons. The molecule has 0 spiro atoms. The fourth-order valence-corrected chi connectivity index (χ4v) is 1.58. The van der Waals surface area contributed by atoms with Gasteiger partial charge in [-0.1, -0.05) is 30.4 Å². The lowest BCUT2D eigenvalue weighted by Gasteiger charge is -2.03. The Morgan fingerprint density at radius 3 is 2.84 bits per heavy atom. The van der Waals surface area contributed by atoms with E-state index >= 15 is 0 Å². The summed E-state index contributed by atoms with van der Waals surface area (Å²) >= 11 is 0. The van der Waals surface area contributed by atoms with Crippen LogP contribution in [0.2, 0.25) is 0 Å². The molecule has 0 aliphatic carbocycles. The molecule has 1 aromatic carbocycles. The molecule has 1 heterocycles. The Labute approximate surface area is 129 Å². The number of hydrogen-bond acceptors (Lipinski definition) is 2. The summed E-state index contributed by atoms with van der Waals surface area (Å²) < 4.78 is 5.64. The van der Waals surface area contributed by atoms with Crippen molar-refractivity contribution in [2.24, 2.45) is 10.7 Å². The number of benzene rings is 1. The highest BCUT2D eigenvalue weighted by Gasteiger charge is 2.02. The minimum Gasteiger partial charge on any atom is -0.459 e. The van der Waals surface area contributed by atoms with Crippen LogP contribution in [0.25, 0.3) is 11.0 Å². The summed E-state index contributed by atoms with van der Waals surface area (Å²) in [6.07, 6.45) is 0. The van der Waals surface area contributed by atoms with Gasteiger partial charge >= 0.3 is 0 Å². The summed E-state index contributed by atoms with van der Waals surface area (Å²) in [7, 11) is 0. The van der Waals surface area contributed by atoms with Crippen LogP contribution >= 0.6 is 24.0 Å². The van der Waals surface area contributed by atoms with Gasteiger partial charge in [0.15, 0.2) is 5.96 Å². The maximum Gasteiger partial charge on any atom is 0.189 e. The van der Waals surface area contributed by atoms with E-state index in [1.165, 1.54) is 0 Å². The molecule has 2 rings (SSSR count). The van der Waals surface area contributed by atoms with Crippen molar-refractivity contribution in [2.45, 2.75) is 13.5 Å². The zero-order valence-corrected chi connectivity index (χ0v) is 13.2. The standard InChI is InChI=1S/C14H17N3O.HI/c1-10(2)8-16-14(15)17-9-12-7-11-5-3-4-6-13(11)18-12;/h3-7H,1,8-9H2,2H3,(H3,15,16,17);1H. The smallest absolute Gasteiger partial charge is 0.189 e. The summed E-state index contributed by atoms with van der Waals surface area (Å²) in [5, 5.41) is 4.05. The molecule has 0 saturated carbocycles. The first kappa shape index (κ1) is 15.6. The fourth-order valence-electron chi connectivity index (χ4n) is 1.58. The van der Waals surface area contributed by atoms with Crippen LogP contribution in [-0.4, -0.2) is 12.5 Å². The van der Waals surface area contributed by atoms with Crippen LogP contribution in [0.1, 0.15) is 12.7 Å². The van der Waals surface area contributed by atoms with Gasteiger partial charge in [-0.15, -0.1) is 24.0 Å². The number of nitrogens with zero attached hydrogens (tertiary/aromatic N) is 1. The molecule has 5 heteroatoms. The van der Waals surface area contributed by atoms with E-state index in [9.17, 15) is 0 Å². The highest BCUT2D eigenvalue weighted by atomic mass is 127. The van der Waals surface area contributed by atoms with Crippen LogP contribution < -0.4 is 11.1 Å². The topological polar surface area (TPSA) is 63.5 Å². The SMILES string of the molecule is C=C(C)CNC(N)=NCc1cc2ccccc2o1.I. The molecular formula is C14H18IN3O. The van der Waals surface area contributed by atoms with E-state index in [0.717, 1.165) is 22.3 Å². The van der Waals surface area contributed by atoms with Gasteiger partial charge in [-0.25, -0.2) is 4.99 Å². The van der Waals surface area contributed by atoms with Crippen molar-refractivity contribution in [1.29, 1.82) is 0 Å². The monoisotopic (exact) mass is 371 g/mol. The minimum atomic E-state index is 0. The van der Waals surface area contributed by atoms with Crippen molar-refractivity contribution in [1.82, 2.24) is 5.32 Å². The molecule has 3 N–H and O–H groups in total. The van der Waals surface area contributed by atoms with Crippen LogP contribution in [0.3, 0.4) is 0 Å². The molecule has 0 bridgehead atoms. The van der Waals surface area contributed by atoms with Crippen LogP contribution in [0.15, 0.2) is 51.9 Å². The van der Waals surface area contributed by atoms with Gasteiger partial charge in [-0.3, -0.25) is 0 Å². The number of nitrogens with two attached hydrogens (primary N) is 1. The Bertz CT molecular complexity index is 556. The second kappa shape index (κ2) is 7.18. The Hall–Kier alpha value is -1.50. The van der Waals surface area contributed by atoms with Gasteiger partial charge < -0.3 is 15.5 Å². The molecule has 0 radical (unpaired) electrons. The lowest BCUT2D eigenvalue weighted by atomic mass is 10.2. The Balaban J connectivity index is 0.00000180. The molecular weight excluding hydrogens is 353 g/mol. The first-order valence-corrected chi connectivity index (χ1v) is 5.81. The average Bonchev–Trinajstić information content (AvgIpc) is 2.76. The number of furan rings is 1. The number of halogens is 1. The van der Waals surface area contributed by atoms with E-state index in [2.05, 4.69) is 16.9 Å². The molecule has 19 heavy (non-hydrogen) atoms. The second-order valence-corrected chi connectivity index (χ2v) is 4.26. The number of guanidine groups is 1. The summed E-state index contributed by atoms with van der Waals surface area (Å²) in [6, 6.07) is 9.85. The number of aliphatic imine (C=N–C) groups is 1. The molecule has 1 aromatic heterocycles. The molecule has 4 nitrogen and oxygen atoms in total. The molecule has 0 aliphatic rings. The molecule has 0 aliphatic heterocycles. The number of rotatable bonds is 4. The first-order chi connectivity index (χ1) is 8.65. The molecule has 0 atom stereocenters. The van der Waals surface area contributed by atoms with Gasteiger partial charge in [0.1, 0.15) is 17.9 Å². The van der Waals surface area contributed by atoms with Gasteiger partial charge in [0.05, 0.1) is 0 Å². The summed E-state index contributed by atoms with van der Waals surface area (Å²) in [5.41, 5.74) is 7.60. The third-order valence-corrected chi connectivity index (χ3v) is 2.45. The maximum absolute atomic E-state index is 5.72. The van der Waals surface area contributed by atoms with Crippen LogP contribution in [-0.2, 0) is 6.54 Å². The van der Waals surface area contributed by atoms with E-state index in [1.807, 2.05) is 37.3 Å². The van der Waals surface area contributed by atoms with Gasteiger partial charge in [-0.05, 0) is 19.1 Å². The summed E-state index contributed by atoms with van der Waals surface area (Å²) in [6.45, 7) is 6.78. The molecule has 2 aromatic rings. The number of fused-ring (bicyclic) bond motifs is 1. The van der Waals surface area contributed by atoms with Crippen molar-refractivity contribution in [3.8, 4) is 0 Å². The van der Waals surface area contributed by atoms with Crippen molar-refractivity contribution in [2.75, 3.05) is 6.54 Å². The maximum atomic E-state index is 5.72. The third-order valence-electron chi connectivity index (χ3n) is 2.45. The van der Waals surface area contributed by atoms with Gasteiger partial charge in [0.2, 0.25) is 0 Å². The fraction of sp³-hybridized carbons (Fsp3) is 0.214. The van der Waals surface area contributed by atoms with Gasteiger partial charge in [0, 0.05) is 11.9 Å². The molecule has 0 fully saturated rings. The number of nitrogens with one attached hydrogen (secondary N) is 1. The Morgan fingerprint density at radius 1 is 1.42 bits per heavy atom. The number of para-hydroxylation sites is 1. The zero-order chi connectivity index (χ0) is 13.0. The first-order valence-electron chi connectivity index (χ1n) is 5.81. The van der Waals surface area contributed by atoms with Crippen molar-refractivity contribution in [3.05, 3.63) is 48.2 Å². The van der Waals surface area contributed by atoms with Gasteiger partial charge in [-0.2, -0.15) is 0 Å². The third kappa shape index (κ3) is 4.59. The Morgan fingerprint density at radius 2 is 2.16 bits per heavy atom. The van der Waals surface area contributed by atoms with Crippen molar-refractivity contribution >= 4 is 40.9 Å². The molecule has 0 unspecified atom stereocenters. The molecule has 0 amide bonds. The summed E-state index contributed by atoms with van der Waals surface area (Å²) in [4.78, 5) is 4.21. The zero-order valence-electron chi connectivity index (χ0n) is 10.8. The van der Waals surface area contributed by atoms with Crippen molar-refractivity contribution < 1.29 is 4.42 Å². The number of hydrogen-bond donors (Lipinski definition) is 2. The van der Waals surface area contributed by atoms with E-state index in [4.69, 9.17) is 10.2 Å². The molecule has 0 saturated heterocycles. The van der Waals surface area contributed by atoms with Gasteiger partial charge in [0.25, 0.3) is 0 Å². The average molecular weight is 371 g/mol. The highest BCUT2D eigenvalue weighted by molar-refractivity contribution is 14.0. The van der Waals surface area contributed by atoms with E-state index in [0.29, 0.717) is 19.0 Å². The normalized spacial score (nSPS) is 11.1. The quantitative estimate of drug-likeness (QED) is 0.376. The van der Waals surface area contributed by atoms with E-state index in [-0.39, 0.29) is 24.0 Å². The lowest BCUT2D eigenvalue weighted by Crippen LogP contribution is -2.32. The second-order valence-electron chi connectivity index (χ2n) is 4.26. The predicted octanol–water partition coefficient (Wildman–Crippen LogP) is 3.03. The van der Waals surface area contributed by atoms with Crippen LogP contribution in [0.5, 0.6) is 0 Å². The predicted molar refractivity (Wildman–Crippen MR) is 89.8 cm³/mol. The van der Waals surface area contributed by atoms with Crippen LogP contribution in [0, 0.1) is 0 Å². The van der Waals surface area contributed by atoms with E-state index in [1.54, 1.807) is 0 Å². The Kier molecular flexibility index (Phi) is 5.88. The van der Waals surface area contributed by atoms with Crippen LogP contribution in [0.4, 0.5) is 0 Å². The minimum absolute atomic E-state index is 0. The highest BCUT2D eigenvalue weighted by Crippen LogP contribution is 2.19. The van der Waals surface area contributed by atoms with E-state index < -0.39 is 0 Å².